The molecule has 0 spiro atoms. The van der Waals surface area contributed by atoms with Gasteiger partial charge in [0.15, 0.2) is 0 Å². The monoisotopic (exact) mass is 360 g/mol. The zero-order valence-corrected chi connectivity index (χ0v) is 14.4. The Morgan fingerprint density at radius 1 is 1.27 bits per heavy atom. The summed E-state index contributed by atoms with van der Waals surface area (Å²) in [6.45, 7) is 3.59. The molecule has 0 fully saturated rings. The Bertz CT molecular complexity index is 804. The lowest BCUT2D eigenvalue weighted by Crippen LogP contribution is -2.24. The lowest BCUT2D eigenvalue weighted by molar-refractivity contribution is -0.141. The highest BCUT2D eigenvalue weighted by Gasteiger charge is 2.31. The predicted molar refractivity (Wildman–Crippen MR) is 93.3 cm³/mol. The zero-order valence-electron chi connectivity index (χ0n) is 14.4. The number of aliphatic hydroxyl groups excluding tert-OH is 1. The van der Waals surface area contributed by atoms with Gasteiger partial charge < -0.3 is 20.1 Å². The van der Waals surface area contributed by atoms with Crippen LogP contribution >= 0.6 is 0 Å². The number of esters is 1. The number of aliphatic carboxylic acids is 2. The molecule has 1 aliphatic rings. The molecule has 0 saturated heterocycles. The maximum atomic E-state index is 12.5. The molecule has 1 aliphatic carbocycles. The first kappa shape index (κ1) is 19.2. The summed E-state index contributed by atoms with van der Waals surface area (Å²) in [6.07, 6.45) is 2.27. The summed E-state index contributed by atoms with van der Waals surface area (Å²) in [5.41, 5.74) is 1.11. The minimum Gasteiger partial charge on any atom is -0.507 e. The smallest absolute Gasteiger partial charge is 0.338 e. The second-order valence-electron chi connectivity index (χ2n) is 6.05. The first-order valence-corrected chi connectivity index (χ1v) is 8.16. The van der Waals surface area contributed by atoms with E-state index in [1.54, 1.807) is 19.1 Å². The summed E-state index contributed by atoms with van der Waals surface area (Å²) in [6, 6.07) is 4.66. The molecular weight excluding hydrogens is 340 g/mol. The Labute approximate surface area is 150 Å². The third-order valence-corrected chi connectivity index (χ3v) is 4.21. The van der Waals surface area contributed by atoms with Crippen molar-refractivity contribution in [1.82, 2.24) is 0 Å². The summed E-state index contributed by atoms with van der Waals surface area (Å²) < 4.78 is 5.32. The number of aliphatic hydroxyl groups is 1. The van der Waals surface area contributed by atoms with E-state index in [-0.39, 0.29) is 23.7 Å². The first-order valence-electron chi connectivity index (χ1n) is 8.16. The van der Waals surface area contributed by atoms with E-state index in [9.17, 15) is 24.6 Å². The molecule has 0 heterocycles. The van der Waals surface area contributed by atoms with Crippen LogP contribution in [0.1, 0.15) is 37.0 Å². The number of carboxylic acids is 2. The van der Waals surface area contributed by atoms with Gasteiger partial charge in [0.05, 0.1) is 23.7 Å². The molecule has 0 bridgehead atoms. The number of carbonyl (C=O) groups is 3. The van der Waals surface area contributed by atoms with Gasteiger partial charge in [0.2, 0.25) is 0 Å². The Morgan fingerprint density at radius 2 is 1.96 bits per heavy atom. The molecule has 0 aliphatic heterocycles. The normalized spacial score (nSPS) is 17.7. The van der Waals surface area contributed by atoms with E-state index in [1.807, 2.05) is 6.92 Å². The maximum absolute atomic E-state index is 12.5. The largest absolute Gasteiger partial charge is 0.507 e. The van der Waals surface area contributed by atoms with Crippen molar-refractivity contribution in [3.63, 3.8) is 0 Å². The van der Waals surface area contributed by atoms with Crippen LogP contribution in [0.5, 0.6) is 0 Å². The number of rotatable bonds is 6. The highest BCUT2D eigenvalue weighted by Crippen LogP contribution is 2.35. The van der Waals surface area contributed by atoms with Crippen LogP contribution in [0, 0.1) is 5.92 Å². The maximum Gasteiger partial charge on any atom is 0.338 e. The van der Waals surface area contributed by atoms with E-state index in [0.29, 0.717) is 23.6 Å². The molecule has 1 aromatic rings. The SMILES string of the molecule is CCC(C)OC(=O)C1=CC(C(=O)O)Cc2c(C(O)=CC(=O)O)cccc21. The van der Waals surface area contributed by atoms with Gasteiger partial charge >= 0.3 is 17.9 Å². The van der Waals surface area contributed by atoms with Crippen molar-refractivity contribution in [2.75, 3.05) is 0 Å². The summed E-state index contributed by atoms with van der Waals surface area (Å²) in [7, 11) is 0. The van der Waals surface area contributed by atoms with Gasteiger partial charge in [0.25, 0.3) is 0 Å². The fourth-order valence-corrected chi connectivity index (χ4v) is 2.73. The number of benzene rings is 1. The molecule has 2 unspecified atom stereocenters. The van der Waals surface area contributed by atoms with E-state index < -0.39 is 29.6 Å². The Hall–Kier alpha value is -3.09. The number of fused-ring (bicyclic) bond motifs is 1. The lowest BCUT2D eigenvalue weighted by Gasteiger charge is -2.24. The van der Waals surface area contributed by atoms with Gasteiger partial charge in [-0.1, -0.05) is 31.2 Å². The van der Waals surface area contributed by atoms with Crippen molar-refractivity contribution < 1.29 is 34.4 Å². The summed E-state index contributed by atoms with van der Waals surface area (Å²) in [4.78, 5) is 34.8. The number of ether oxygens (including phenoxy) is 1. The Kier molecular flexibility index (Phi) is 5.82. The molecule has 7 nitrogen and oxygen atoms in total. The molecule has 0 amide bonds. The highest BCUT2D eigenvalue weighted by molar-refractivity contribution is 6.18. The molecule has 0 saturated carbocycles. The van der Waals surface area contributed by atoms with Crippen molar-refractivity contribution in [2.45, 2.75) is 32.8 Å². The summed E-state index contributed by atoms with van der Waals surface area (Å²) in [5.74, 6) is -4.60. The van der Waals surface area contributed by atoms with Gasteiger partial charge in [-0.2, -0.15) is 0 Å². The second kappa shape index (κ2) is 7.86. The van der Waals surface area contributed by atoms with Crippen molar-refractivity contribution in [3.05, 3.63) is 47.0 Å². The van der Waals surface area contributed by atoms with Crippen LogP contribution in [0.2, 0.25) is 0 Å². The van der Waals surface area contributed by atoms with Crippen molar-refractivity contribution in [1.29, 1.82) is 0 Å². The highest BCUT2D eigenvalue weighted by atomic mass is 16.5. The molecule has 7 heteroatoms. The standard InChI is InChI=1S/C19H20O7/c1-3-10(2)26-19(25)15-8-11(18(23)24)7-14-12(15)5-4-6-13(14)16(20)9-17(21)22/h4-6,8-11,20H,3,7H2,1-2H3,(H,21,22)(H,23,24). The minimum atomic E-state index is -1.34. The van der Waals surface area contributed by atoms with Gasteiger partial charge in [-0.25, -0.2) is 9.59 Å². The minimum absolute atomic E-state index is 0.0263. The van der Waals surface area contributed by atoms with Gasteiger partial charge in [-0.15, -0.1) is 0 Å². The van der Waals surface area contributed by atoms with E-state index in [0.717, 1.165) is 0 Å². The topological polar surface area (TPSA) is 121 Å². The Morgan fingerprint density at radius 3 is 2.54 bits per heavy atom. The molecule has 2 rings (SSSR count). The predicted octanol–water partition coefficient (Wildman–Crippen LogP) is 2.65. The van der Waals surface area contributed by atoms with Crippen LogP contribution in [-0.4, -0.2) is 39.3 Å². The van der Waals surface area contributed by atoms with Crippen LogP contribution in [0.25, 0.3) is 11.3 Å². The van der Waals surface area contributed by atoms with Crippen molar-refractivity contribution in [3.8, 4) is 0 Å². The molecule has 138 valence electrons. The number of hydrogen-bond acceptors (Lipinski definition) is 5. The third-order valence-electron chi connectivity index (χ3n) is 4.21. The number of carbonyl (C=O) groups excluding carboxylic acids is 1. The van der Waals surface area contributed by atoms with E-state index >= 15 is 0 Å². The fourth-order valence-electron chi connectivity index (χ4n) is 2.73. The van der Waals surface area contributed by atoms with Crippen LogP contribution < -0.4 is 0 Å². The van der Waals surface area contributed by atoms with Crippen molar-refractivity contribution in [2.24, 2.45) is 5.92 Å². The quantitative estimate of drug-likeness (QED) is 0.405. The number of hydrogen-bond donors (Lipinski definition) is 3. The first-order chi connectivity index (χ1) is 12.2. The zero-order chi connectivity index (χ0) is 19.4. The van der Waals surface area contributed by atoms with E-state index in [4.69, 9.17) is 9.84 Å². The molecule has 0 radical (unpaired) electrons. The lowest BCUT2D eigenvalue weighted by atomic mass is 9.81. The van der Waals surface area contributed by atoms with Crippen LogP contribution in [0.3, 0.4) is 0 Å². The average molecular weight is 360 g/mol. The fraction of sp³-hybridized carbons (Fsp3) is 0.316. The van der Waals surface area contributed by atoms with Crippen LogP contribution in [0.4, 0.5) is 0 Å². The van der Waals surface area contributed by atoms with Crippen LogP contribution in [-0.2, 0) is 25.5 Å². The van der Waals surface area contributed by atoms with E-state index in [2.05, 4.69) is 0 Å². The Balaban J connectivity index is 2.57. The second-order valence-corrected chi connectivity index (χ2v) is 6.05. The molecular formula is C19H20O7. The molecule has 1 aromatic carbocycles. The van der Waals surface area contributed by atoms with Gasteiger partial charge in [0, 0.05) is 5.56 Å². The molecule has 3 N–H and O–H groups in total. The summed E-state index contributed by atoms with van der Waals surface area (Å²) in [5, 5.41) is 28.3. The molecule has 26 heavy (non-hydrogen) atoms. The van der Waals surface area contributed by atoms with Gasteiger partial charge in [-0.05, 0) is 30.9 Å². The summed E-state index contributed by atoms with van der Waals surface area (Å²) >= 11 is 0. The van der Waals surface area contributed by atoms with Gasteiger partial charge in [0.1, 0.15) is 5.76 Å². The van der Waals surface area contributed by atoms with Crippen molar-refractivity contribution >= 4 is 29.2 Å². The third kappa shape index (κ3) is 4.11. The molecule has 0 aromatic heterocycles. The number of carboxylic acid groups (broad SMARTS) is 2. The molecule has 2 atom stereocenters. The van der Waals surface area contributed by atoms with Crippen LogP contribution in [0.15, 0.2) is 30.4 Å². The van der Waals surface area contributed by atoms with E-state index in [1.165, 1.54) is 12.1 Å². The average Bonchev–Trinajstić information content (AvgIpc) is 2.59. The van der Waals surface area contributed by atoms with Gasteiger partial charge in [-0.3, -0.25) is 4.79 Å².